The molecule has 0 bridgehead atoms. The minimum Gasteiger partial charge on any atom is -0.496 e. The van der Waals surface area contributed by atoms with Gasteiger partial charge in [0.25, 0.3) is 5.91 Å². The summed E-state index contributed by atoms with van der Waals surface area (Å²) in [6.07, 6.45) is 3.59. The third-order valence-electron chi connectivity index (χ3n) is 7.83. The van der Waals surface area contributed by atoms with Crippen LogP contribution in [0, 0.1) is 5.82 Å². The minimum absolute atomic E-state index is 0.00109. The number of ether oxygens (including phenoxy) is 1. The van der Waals surface area contributed by atoms with Gasteiger partial charge in [-0.05, 0) is 81.1 Å². The van der Waals surface area contributed by atoms with E-state index in [9.17, 15) is 14.0 Å². The number of halogens is 2. The Morgan fingerprint density at radius 1 is 1.05 bits per heavy atom. The van der Waals surface area contributed by atoms with Crippen molar-refractivity contribution in [1.82, 2.24) is 10.2 Å². The number of thiophene rings is 1. The van der Waals surface area contributed by atoms with Crippen LogP contribution in [0.5, 0.6) is 5.75 Å². The number of rotatable bonds is 8. The number of nitrogens with one attached hydrogen (secondary N) is 1. The normalized spacial score (nSPS) is 17.1. The number of methoxy groups -OCH3 is 1. The number of Topliss-reactive ketones (excluding diaryl/α,β-unsaturated/α-hetero) is 1. The van der Waals surface area contributed by atoms with Gasteiger partial charge in [-0.15, -0.1) is 11.3 Å². The highest BCUT2D eigenvalue weighted by Crippen LogP contribution is 2.39. The molecule has 1 saturated carbocycles. The lowest BCUT2D eigenvalue weighted by Crippen LogP contribution is -2.44. The first-order valence-corrected chi connectivity index (χ1v) is 14.6. The Balaban J connectivity index is 1.55. The number of hydrogen-bond acceptors (Lipinski definition) is 5. The van der Waals surface area contributed by atoms with E-state index in [1.807, 2.05) is 48.3 Å². The van der Waals surface area contributed by atoms with Gasteiger partial charge in [-0.2, -0.15) is 0 Å². The Labute approximate surface area is 242 Å². The molecule has 1 aromatic heterocycles. The van der Waals surface area contributed by atoms with Crippen LogP contribution in [-0.2, 0) is 6.54 Å². The Kier molecular flexibility index (Phi) is 8.54. The van der Waals surface area contributed by atoms with Crippen LogP contribution in [0.1, 0.15) is 58.2 Å². The maximum Gasteiger partial charge on any atom is 0.266 e. The van der Waals surface area contributed by atoms with Gasteiger partial charge in [0, 0.05) is 39.8 Å². The molecular formula is C32H32ClFN2O3S. The Morgan fingerprint density at radius 2 is 1.77 bits per heavy atom. The molecule has 1 N–H and O–H groups in total. The first-order chi connectivity index (χ1) is 19.3. The van der Waals surface area contributed by atoms with E-state index in [1.54, 1.807) is 32.2 Å². The van der Waals surface area contributed by atoms with E-state index >= 15 is 0 Å². The highest BCUT2D eigenvalue weighted by atomic mass is 35.5. The van der Waals surface area contributed by atoms with Crippen molar-refractivity contribution in [2.75, 3.05) is 14.2 Å². The van der Waals surface area contributed by atoms with Gasteiger partial charge in [0.05, 0.1) is 12.1 Å². The summed E-state index contributed by atoms with van der Waals surface area (Å²) in [5, 5.41) is 3.81. The quantitative estimate of drug-likeness (QED) is 0.217. The van der Waals surface area contributed by atoms with Crippen LogP contribution in [0.4, 0.5) is 4.39 Å². The van der Waals surface area contributed by atoms with E-state index in [-0.39, 0.29) is 22.8 Å². The first kappa shape index (κ1) is 28.3. The van der Waals surface area contributed by atoms with Gasteiger partial charge in [0.2, 0.25) is 0 Å². The molecule has 5 nitrogen and oxygen atoms in total. The molecule has 1 amide bonds. The highest BCUT2D eigenvalue weighted by molar-refractivity contribution is 7.21. The van der Waals surface area contributed by atoms with Crippen LogP contribution in [0.15, 0.2) is 60.7 Å². The fourth-order valence-electron chi connectivity index (χ4n) is 5.56. The molecule has 40 heavy (non-hydrogen) atoms. The van der Waals surface area contributed by atoms with Crippen molar-refractivity contribution in [2.45, 2.75) is 51.2 Å². The van der Waals surface area contributed by atoms with E-state index in [2.05, 4.69) is 5.32 Å². The second-order valence-corrected chi connectivity index (χ2v) is 11.7. The Bertz CT molecular complexity index is 1560. The van der Waals surface area contributed by atoms with Gasteiger partial charge < -0.3 is 15.0 Å². The summed E-state index contributed by atoms with van der Waals surface area (Å²) < 4.78 is 21.0. The van der Waals surface area contributed by atoms with Crippen molar-refractivity contribution in [3.8, 4) is 16.9 Å². The largest absolute Gasteiger partial charge is 0.496 e. The maximum absolute atomic E-state index is 14.6. The number of benzene rings is 3. The average Bonchev–Trinajstić information content (AvgIpc) is 3.32. The Hall–Kier alpha value is -3.26. The van der Waals surface area contributed by atoms with Gasteiger partial charge in [-0.1, -0.05) is 41.9 Å². The molecule has 0 saturated heterocycles. The number of fused-ring (bicyclic) bond motifs is 1. The molecule has 1 aliphatic carbocycles. The molecule has 0 radical (unpaired) electrons. The first-order valence-electron chi connectivity index (χ1n) is 13.4. The molecule has 0 atom stereocenters. The lowest BCUT2D eigenvalue weighted by Gasteiger charge is -2.37. The number of carbonyl (C=O) groups excluding carboxylic acids is 2. The van der Waals surface area contributed by atoms with Crippen molar-refractivity contribution in [3.05, 3.63) is 87.5 Å². The molecular weight excluding hydrogens is 547 g/mol. The molecule has 8 heteroatoms. The molecule has 4 aromatic rings. The predicted molar refractivity (Wildman–Crippen MR) is 160 cm³/mol. The number of amides is 1. The van der Waals surface area contributed by atoms with E-state index < -0.39 is 5.82 Å². The SMILES string of the molecule is CN[C@H]1CC[C@@H](N(Cc2cc(-c3cccc(C(C)=O)c3)ccc2OC)C(=O)c2sc3cccc(F)c3c2Cl)CC1. The fraction of sp³-hybridized carbons (Fsp3) is 0.312. The highest BCUT2D eigenvalue weighted by Gasteiger charge is 2.32. The molecule has 5 rings (SSSR count). The molecule has 1 fully saturated rings. The second kappa shape index (κ2) is 12.1. The third-order valence-corrected chi connectivity index (χ3v) is 9.46. The number of nitrogens with zero attached hydrogens (tertiary/aromatic N) is 1. The number of hydrogen-bond donors (Lipinski definition) is 1. The summed E-state index contributed by atoms with van der Waals surface area (Å²) in [5.41, 5.74) is 3.32. The van der Waals surface area contributed by atoms with Crippen molar-refractivity contribution >= 4 is 44.7 Å². The van der Waals surface area contributed by atoms with Gasteiger partial charge >= 0.3 is 0 Å². The average molecular weight is 579 g/mol. The van der Waals surface area contributed by atoms with E-state index in [0.29, 0.717) is 38.9 Å². The van der Waals surface area contributed by atoms with Crippen LogP contribution in [0.3, 0.4) is 0 Å². The Morgan fingerprint density at radius 3 is 2.45 bits per heavy atom. The summed E-state index contributed by atoms with van der Waals surface area (Å²) in [7, 11) is 3.59. The smallest absolute Gasteiger partial charge is 0.266 e. The van der Waals surface area contributed by atoms with Crippen LogP contribution < -0.4 is 10.1 Å². The van der Waals surface area contributed by atoms with E-state index in [4.69, 9.17) is 16.3 Å². The number of ketones is 1. The summed E-state index contributed by atoms with van der Waals surface area (Å²) in [6.45, 7) is 1.86. The zero-order chi connectivity index (χ0) is 28.4. The molecule has 0 spiro atoms. The van der Waals surface area contributed by atoms with Crippen LogP contribution in [-0.4, -0.2) is 42.8 Å². The monoisotopic (exact) mass is 578 g/mol. The topological polar surface area (TPSA) is 58.6 Å². The van der Waals surface area contributed by atoms with E-state index in [1.165, 1.54) is 17.4 Å². The molecule has 0 aliphatic heterocycles. The van der Waals surface area contributed by atoms with Gasteiger partial charge in [-0.25, -0.2) is 4.39 Å². The summed E-state index contributed by atoms with van der Waals surface area (Å²) >= 11 is 7.88. The molecule has 3 aromatic carbocycles. The third kappa shape index (κ3) is 5.64. The van der Waals surface area contributed by atoms with Gasteiger partial charge in [-0.3, -0.25) is 9.59 Å². The minimum atomic E-state index is -0.430. The fourth-order valence-corrected chi connectivity index (χ4v) is 7.07. The van der Waals surface area contributed by atoms with Crippen molar-refractivity contribution in [1.29, 1.82) is 0 Å². The van der Waals surface area contributed by atoms with Crippen LogP contribution in [0.25, 0.3) is 21.2 Å². The summed E-state index contributed by atoms with van der Waals surface area (Å²) in [6, 6.07) is 18.6. The molecule has 1 heterocycles. The van der Waals surface area contributed by atoms with Crippen molar-refractivity contribution in [2.24, 2.45) is 0 Å². The summed E-state index contributed by atoms with van der Waals surface area (Å²) in [4.78, 5) is 28.4. The number of carbonyl (C=O) groups is 2. The van der Waals surface area contributed by atoms with E-state index in [0.717, 1.165) is 42.4 Å². The van der Waals surface area contributed by atoms with Crippen LogP contribution >= 0.6 is 22.9 Å². The van der Waals surface area contributed by atoms with Crippen molar-refractivity contribution < 1.29 is 18.7 Å². The van der Waals surface area contributed by atoms with Crippen molar-refractivity contribution in [3.63, 3.8) is 0 Å². The zero-order valence-corrected chi connectivity index (χ0v) is 24.4. The molecule has 1 aliphatic rings. The van der Waals surface area contributed by atoms with Gasteiger partial charge in [0.1, 0.15) is 16.4 Å². The van der Waals surface area contributed by atoms with Gasteiger partial charge in [0.15, 0.2) is 5.78 Å². The standard InChI is InChI=1S/C32H32ClFN2O3S/c1-19(37)20-6-4-7-21(16-20)22-10-15-27(39-3)23(17-22)18-36(25-13-11-24(35-2)12-14-25)32(38)31-30(33)29-26(34)8-5-9-28(29)40-31/h4-10,15-17,24-25,35H,11-14,18H2,1-3H3/t24-,25+. The lowest BCUT2D eigenvalue weighted by atomic mass is 9.89. The maximum atomic E-state index is 14.6. The summed E-state index contributed by atoms with van der Waals surface area (Å²) in [5.74, 6) is 0.0356. The zero-order valence-electron chi connectivity index (χ0n) is 22.8. The predicted octanol–water partition coefficient (Wildman–Crippen LogP) is 7.75. The molecule has 0 unspecified atom stereocenters. The second-order valence-electron chi connectivity index (χ2n) is 10.2. The lowest BCUT2D eigenvalue weighted by molar-refractivity contribution is 0.0604. The van der Waals surface area contributed by atoms with Crippen LogP contribution in [0.2, 0.25) is 5.02 Å². The molecule has 208 valence electrons.